The van der Waals surface area contributed by atoms with E-state index in [0.29, 0.717) is 52.3 Å². The van der Waals surface area contributed by atoms with Crippen LogP contribution in [0.15, 0.2) is 58.0 Å². The van der Waals surface area contributed by atoms with Crippen molar-refractivity contribution in [2.24, 2.45) is 5.10 Å². The molecule has 1 heterocycles. The van der Waals surface area contributed by atoms with Gasteiger partial charge in [-0.05, 0) is 56.5 Å². The lowest BCUT2D eigenvalue weighted by atomic mass is 9.93. The van der Waals surface area contributed by atoms with Gasteiger partial charge in [0.1, 0.15) is 5.76 Å². The van der Waals surface area contributed by atoms with Gasteiger partial charge in [0.15, 0.2) is 5.76 Å². The number of hydrazone groups is 1. The van der Waals surface area contributed by atoms with Crippen LogP contribution in [0.1, 0.15) is 63.1 Å². The Morgan fingerprint density at radius 2 is 1.79 bits per heavy atom. The molecule has 1 aliphatic rings. The number of amides is 2. The minimum atomic E-state index is -0.500. The van der Waals surface area contributed by atoms with Gasteiger partial charge in [-0.1, -0.05) is 12.1 Å². The Labute approximate surface area is 218 Å². The third-order valence-corrected chi connectivity index (χ3v) is 6.01. The number of anilines is 1. The topological polar surface area (TPSA) is 153 Å². The van der Waals surface area contributed by atoms with Crippen LogP contribution in [0.5, 0.6) is 0 Å². The molecule has 0 radical (unpaired) electrons. The summed E-state index contributed by atoms with van der Waals surface area (Å²) in [4.78, 5) is 47.5. The van der Waals surface area contributed by atoms with Gasteiger partial charge in [-0.25, -0.2) is 10.2 Å². The van der Waals surface area contributed by atoms with Gasteiger partial charge in [-0.2, -0.15) is 5.10 Å². The molecule has 11 nitrogen and oxygen atoms in total. The maximum Gasteiger partial charge on any atom is 0.338 e. The van der Waals surface area contributed by atoms with Crippen LogP contribution in [0.25, 0.3) is 0 Å². The summed E-state index contributed by atoms with van der Waals surface area (Å²) in [5, 5.41) is 17.9. The first kappa shape index (κ1) is 26.3. The first-order chi connectivity index (χ1) is 18.3. The van der Waals surface area contributed by atoms with Gasteiger partial charge in [0.05, 0.1) is 29.2 Å². The van der Waals surface area contributed by atoms with Crippen LogP contribution in [0.3, 0.4) is 0 Å². The fourth-order valence-corrected chi connectivity index (χ4v) is 4.18. The van der Waals surface area contributed by atoms with Crippen molar-refractivity contribution in [3.05, 3.63) is 92.4 Å². The van der Waals surface area contributed by atoms with Crippen molar-refractivity contribution in [2.45, 2.75) is 39.5 Å². The normalized spacial score (nSPS) is 13.5. The van der Waals surface area contributed by atoms with Crippen LogP contribution >= 0.6 is 0 Å². The van der Waals surface area contributed by atoms with E-state index in [1.54, 1.807) is 38.1 Å². The smallest absolute Gasteiger partial charge is 0.338 e. The molecule has 0 spiro atoms. The number of rotatable bonds is 8. The number of nitro groups is 1. The summed E-state index contributed by atoms with van der Waals surface area (Å²) in [6, 6.07) is 12.1. The Bertz CT molecular complexity index is 1410. The molecule has 2 aromatic carbocycles. The van der Waals surface area contributed by atoms with Gasteiger partial charge in [0.25, 0.3) is 11.6 Å². The zero-order valence-corrected chi connectivity index (χ0v) is 20.9. The third kappa shape index (κ3) is 5.94. The number of nitrogens with zero attached hydrogens (tertiary/aromatic N) is 2. The highest BCUT2D eigenvalue weighted by Gasteiger charge is 2.28. The van der Waals surface area contributed by atoms with Crippen LogP contribution in [-0.4, -0.2) is 35.0 Å². The molecule has 0 fully saturated rings. The second kappa shape index (κ2) is 11.5. The minimum Gasteiger partial charge on any atom is -0.462 e. The molecule has 2 amide bonds. The number of hydrogen-bond acceptors (Lipinski definition) is 8. The zero-order valence-electron chi connectivity index (χ0n) is 20.9. The molecule has 0 bridgehead atoms. The maximum atomic E-state index is 13.0. The minimum absolute atomic E-state index is 0.00854. The molecule has 0 saturated heterocycles. The molecule has 0 unspecified atom stereocenters. The van der Waals surface area contributed by atoms with Crippen LogP contribution in [0.2, 0.25) is 0 Å². The van der Waals surface area contributed by atoms with E-state index in [1.807, 2.05) is 0 Å². The molecule has 2 N–H and O–H groups in total. The monoisotopic (exact) mass is 518 g/mol. The van der Waals surface area contributed by atoms with Crippen molar-refractivity contribution in [2.75, 3.05) is 11.9 Å². The maximum absolute atomic E-state index is 13.0. The molecule has 11 heteroatoms. The zero-order chi connectivity index (χ0) is 27.2. The quantitative estimate of drug-likeness (QED) is 0.256. The fourth-order valence-electron chi connectivity index (χ4n) is 4.18. The van der Waals surface area contributed by atoms with Crippen LogP contribution < -0.4 is 10.7 Å². The second-order valence-corrected chi connectivity index (χ2v) is 8.65. The lowest BCUT2D eigenvalue weighted by Crippen LogP contribution is -2.23. The van der Waals surface area contributed by atoms with Crippen molar-refractivity contribution in [3.8, 4) is 0 Å². The number of aryl methyl sites for hydroxylation is 1. The fraction of sp³-hybridized carbons (Fsp3) is 0.259. The van der Waals surface area contributed by atoms with E-state index in [1.165, 1.54) is 24.3 Å². The van der Waals surface area contributed by atoms with Gasteiger partial charge < -0.3 is 14.5 Å². The summed E-state index contributed by atoms with van der Waals surface area (Å²) in [5.41, 5.74) is 5.91. The molecule has 0 atom stereocenters. The molecular formula is C27H26N4O7. The summed E-state index contributed by atoms with van der Waals surface area (Å²) < 4.78 is 10.9. The van der Waals surface area contributed by atoms with E-state index >= 15 is 0 Å². The van der Waals surface area contributed by atoms with E-state index in [-0.39, 0.29) is 30.4 Å². The summed E-state index contributed by atoms with van der Waals surface area (Å²) in [5.74, 6) is -0.478. The SMILES string of the molecule is CCOC(=O)c1ccc(NC(=O)c2oc3c(c2C)/C(=N/NC(=O)Cc2ccc([N+](=O)[O-])cc2)CCC3)cc1. The highest BCUT2D eigenvalue weighted by atomic mass is 16.6. The average Bonchev–Trinajstić information content (AvgIpc) is 3.25. The molecule has 1 aromatic heterocycles. The van der Waals surface area contributed by atoms with Crippen molar-refractivity contribution >= 4 is 34.9 Å². The standard InChI is InChI=1S/C27H26N4O7/c1-3-37-27(34)18-9-11-19(12-10-18)28-26(33)25-16(2)24-21(5-4-6-22(24)38-25)29-30-23(32)15-17-7-13-20(14-8-17)31(35)36/h7-14H,3-6,15H2,1-2H3,(H,28,33)(H,30,32)/b29-21+. The number of furan rings is 1. The van der Waals surface area contributed by atoms with Crippen molar-refractivity contribution in [1.29, 1.82) is 0 Å². The largest absolute Gasteiger partial charge is 0.462 e. The predicted octanol–water partition coefficient (Wildman–Crippen LogP) is 4.32. The van der Waals surface area contributed by atoms with E-state index in [9.17, 15) is 24.5 Å². The van der Waals surface area contributed by atoms with E-state index in [2.05, 4.69) is 15.8 Å². The average molecular weight is 519 g/mol. The number of esters is 1. The highest BCUT2D eigenvalue weighted by molar-refractivity contribution is 6.09. The first-order valence-electron chi connectivity index (χ1n) is 12.1. The number of non-ortho nitro benzene ring substituents is 1. The summed E-state index contributed by atoms with van der Waals surface area (Å²) in [6.07, 6.45) is 1.98. The number of ether oxygens (including phenoxy) is 1. The van der Waals surface area contributed by atoms with Gasteiger partial charge in [0.2, 0.25) is 5.91 Å². The number of nitrogens with one attached hydrogen (secondary N) is 2. The lowest BCUT2D eigenvalue weighted by molar-refractivity contribution is -0.384. The molecule has 3 aromatic rings. The summed E-state index contributed by atoms with van der Waals surface area (Å²) in [6.45, 7) is 3.76. The third-order valence-electron chi connectivity index (χ3n) is 6.01. The molecule has 1 aliphatic carbocycles. The Morgan fingerprint density at radius 1 is 1.08 bits per heavy atom. The molecular weight excluding hydrogens is 492 g/mol. The molecule has 4 rings (SSSR count). The second-order valence-electron chi connectivity index (χ2n) is 8.65. The number of carbonyl (C=O) groups excluding carboxylic acids is 3. The molecule has 196 valence electrons. The number of fused-ring (bicyclic) bond motifs is 1. The summed E-state index contributed by atoms with van der Waals surface area (Å²) in [7, 11) is 0. The Kier molecular flexibility index (Phi) is 7.95. The molecule has 0 aliphatic heterocycles. The van der Waals surface area contributed by atoms with Gasteiger partial charge in [-0.3, -0.25) is 19.7 Å². The first-order valence-corrected chi connectivity index (χ1v) is 12.1. The number of carbonyl (C=O) groups is 3. The number of benzene rings is 2. The Hall–Kier alpha value is -4.80. The van der Waals surface area contributed by atoms with E-state index in [4.69, 9.17) is 9.15 Å². The summed E-state index contributed by atoms with van der Waals surface area (Å²) >= 11 is 0. The van der Waals surface area contributed by atoms with Gasteiger partial charge in [-0.15, -0.1) is 0 Å². The van der Waals surface area contributed by atoms with Crippen LogP contribution in [0.4, 0.5) is 11.4 Å². The van der Waals surface area contributed by atoms with E-state index in [0.717, 1.165) is 6.42 Å². The highest BCUT2D eigenvalue weighted by Crippen LogP contribution is 2.30. The lowest BCUT2D eigenvalue weighted by Gasteiger charge is -2.13. The molecule has 0 saturated carbocycles. The molecule has 38 heavy (non-hydrogen) atoms. The van der Waals surface area contributed by atoms with Crippen molar-refractivity contribution in [1.82, 2.24) is 5.43 Å². The van der Waals surface area contributed by atoms with Crippen LogP contribution in [0, 0.1) is 17.0 Å². The van der Waals surface area contributed by atoms with E-state index < -0.39 is 16.8 Å². The predicted molar refractivity (Wildman–Crippen MR) is 138 cm³/mol. The number of nitro benzene ring substituents is 1. The van der Waals surface area contributed by atoms with Gasteiger partial charge in [0, 0.05) is 35.4 Å². The Balaban J connectivity index is 1.44. The number of hydrogen-bond donors (Lipinski definition) is 2. The van der Waals surface area contributed by atoms with Crippen LogP contribution in [-0.2, 0) is 22.4 Å². The van der Waals surface area contributed by atoms with Crippen molar-refractivity contribution in [3.63, 3.8) is 0 Å². The Morgan fingerprint density at radius 3 is 2.45 bits per heavy atom. The van der Waals surface area contributed by atoms with Gasteiger partial charge >= 0.3 is 5.97 Å². The van der Waals surface area contributed by atoms with Crippen molar-refractivity contribution < 1.29 is 28.5 Å².